The summed E-state index contributed by atoms with van der Waals surface area (Å²) in [4.78, 5) is 0. The van der Waals surface area contributed by atoms with Gasteiger partial charge in [-0.1, -0.05) is 0 Å². The van der Waals surface area contributed by atoms with Gasteiger partial charge in [0.2, 0.25) is 0 Å². The van der Waals surface area contributed by atoms with Crippen LogP contribution in [-0.2, 0) is 11.1 Å². The summed E-state index contributed by atoms with van der Waals surface area (Å²) < 4.78 is 52.5. The van der Waals surface area contributed by atoms with E-state index in [9.17, 15) is 17.4 Å². The van der Waals surface area contributed by atoms with Crippen LogP contribution in [0.4, 0.5) is 13.2 Å². The van der Waals surface area contributed by atoms with E-state index in [-0.39, 0.29) is 18.6 Å². The Kier molecular flexibility index (Phi) is 4.67. The average molecular weight is 190 g/mol. The molecule has 0 aliphatic rings. The van der Waals surface area contributed by atoms with E-state index in [1.54, 1.807) is 0 Å². The van der Waals surface area contributed by atoms with Crippen LogP contribution in [0.3, 0.4) is 0 Å². The maximum Gasteiger partial charge on any atom is 0.389 e. The molecule has 0 radical (unpaired) electrons. The summed E-state index contributed by atoms with van der Waals surface area (Å²) in [5.41, 5.74) is 0. The van der Waals surface area contributed by atoms with Gasteiger partial charge in [-0.3, -0.25) is 0 Å². The van der Waals surface area contributed by atoms with Crippen LogP contribution in [0, 0.1) is 0 Å². The molecule has 11 heavy (non-hydrogen) atoms. The second-order valence-electron chi connectivity index (χ2n) is 2.10. The lowest BCUT2D eigenvalue weighted by atomic mass is 10.2. The van der Waals surface area contributed by atoms with Crippen molar-refractivity contribution in [1.29, 1.82) is 0 Å². The van der Waals surface area contributed by atoms with Gasteiger partial charge >= 0.3 is 6.18 Å². The summed E-state index contributed by atoms with van der Waals surface area (Å²) >= 11 is -1.96. The molecule has 0 amide bonds. The molecule has 0 saturated heterocycles. The Balaban J connectivity index is 3.22. The maximum absolute atomic E-state index is 11.4. The van der Waals surface area contributed by atoms with Crippen LogP contribution < -0.4 is 0 Å². The van der Waals surface area contributed by atoms with Gasteiger partial charge in [0.1, 0.15) is 0 Å². The number of unbranched alkanes of at least 4 members (excludes halogenated alkanes) is 1. The first-order chi connectivity index (χ1) is 4.92. The molecular formula is C5H9F3O2S. The second-order valence-corrected chi connectivity index (χ2v) is 3.15. The number of rotatable bonds is 4. The maximum atomic E-state index is 11.4. The first-order valence-electron chi connectivity index (χ1n) is 3.06. The van der Waals surface area contributed by atoms with Gasteiger partial charge in [-0.15, -0.1) is 0 Å². The first kappa shape index (κ1) is 10.9. The Morgan fingerprint density at radius 3 is 2.18 bits per heavy atom. The number of hydrogen-bond donors (Lipinski definition) is 1. The van der Waals surface area contributed by atoms with E-state index in [0.29, 0.717) is 0 Å². The molecule has 0 fully saturated rings. The van der Waals surface area contributed by atoms with Crippen molar-refractivity contribution in [2.75, 3.05) is 5.75 Å². The van der Waals surface area contributed by atoms with Crippen molar-refractivity contribution >= 4 is 11.1 Å². The number of hydrogen-bond acceptors (Lipinski definition) is 1. The summed E-state index contributed by atoms with van der Waals surface area (Å²) in [6.07, 6.45) is -4.94. The minimum atomic E-state index is -4.14. The summed E-state index contributed by atoms with van der Waals surface area (Å²) in [6.45, 7) is 0. The Bertz CT molecular complexity index is 134. The van der Waals surface area contributed by atoms with Crippen LogP contribution in [0.2, 0.25) is 0 Å². The van der Waals surface area contributed by atoms with E-state index in [4.69, 9.17) is 4.55 Å². The lowest BCUT2D eigenvalue weighted by Crippen LogP contribution is -2.07. The Hall–Kier alpha value is -0.100. The number of halogens is 3. The Morgan fingerprint density at radius 2 is 1.82 bits per heavy atom. The van der Waals surface area contributed by atoms with Crippen molar-refractivity contribution in [1.82, 2.24) is 0 Å². The fourth-order valence-corrected chi connectivity index (χ4v) is 1.00. The van der Waals surface area contributed by atoms with Crippen LogP contribution >= 0.6 is 0 Å². The predicted molar refractivity (Wildman–Crippen MR) is 35.5 cm³/mol. The zero-order chi connectivity index (χ0) is 8.91. The van der Waals surface area contributed by atoms with Gasteiger partial charge < -0.3 is 4.55 Å². The molecule has 0 saturated carbocycles. The third-order valence-corrected chi connectivity index (χ3v) is 1.67. The monoisotopic (exact) mass is 190 g/mol. The molecule has 0 bridgehead atoms. The molecule has 0 aromatic heterocycles. The van der Waals surface area contributed by atoms with Crippen LogP contribution in [-0.4, -0.2) is 20.7 Å². The summed E-state index contributed by atoms with van der Waals surface area (Å²) in [6, 6.07) is 0. The third-order valence-electron chi connectivity index (χ3n) is 1.03. The van der Waals surface area contributed by atoms with Gasteiger partial charge in [0, 0.05) is 12.2 Å². The molecule has 0 aromatic rings. The smallest absolute Gasteiger partial charge is 0.306 e. The normalized spacial score (nSPS) is 14.9. The molecule has 1 atom stereocenters. The molecule has 1 N–H and O–H groups in total. The van der Waals surface area contributed by atoms with Crippen LogP contribution in [0.1, 0.15) is 19.3 Å². The van der Waals surface area contributed by atoms with Gasteiger partial charge in [0.05, 0.1) is 0 Å². The first-order valence-corrected chi connectivity index (χ1v) is 4.33. The van der Waals surface area contributed by atoms with Gasteiger partial charge in [-0.05, 0) is 12.8 Å². The molecular weight excluding hydrogens is 181 g/mol. The second kappa shape index (κ2) is 4.71. The average Bonchev–Trinajstić information content (AvgIpc) is 1.78. The van der Waals surface area contributed by atoms with E-state index in [1.807, 2.05) is 0 Å². The largest absolute Gasteiger partial charge is 0.389 e. The highest BCUT2D eigenvalue weighted by Gasteiger charge is 2.25. The predicted octanol–water partition coefficient (Wildman–Crippen LogP) is 1.94. The fourth-order valence-electron chi connectivity index (χ4n) is 0.551. The molecule has 0 heterocycles. The standard InChI is InChI=1S/C5H9F3O2S/c6-5(7,8)3-1-2-4-11(9)10/h1-4H2,(H,9,10). The van der Waals surface area contributed by atoms with E-state index >= 15 is 0 Å². The van der Waals surface area contributed by atoms with E-state index < -0.39 is 23.7 Å². The molecule has 0 rings (SSSR count). The van der Waals surface area contributed by atoms with Crippen molar-refractivity contribution < 1.29 is 21.9 Å². The quantitative estimate of drug-likeness (QED) is 0.543. The molecule has 0 aliphatic carbocycles. The minimum Gasteiger partial charge on any atom is -0.306 e. The highest BCUT2D eigenvalue weighted by molar-refractivity contribution is 7.79. The fraction of sp³-hybridized carbons (Fsp3) is 1.00. The van der Waals surface area contributed by atoms with Crippen molar-refractivity contribution in [2.45, 2.75) is 25.4 Å². The van der Waals surface area contributed by atoms with Gasteiger partial charge in [0.15, 0.2) is 11.1 Å². The molecule has 0 aliphatic heterocycles. The Labute approximate surface area is 65.1 Å². The van der Waals surface area contributed by atoms with E-state index in [1.165, 1.54) is 0 Å². The van der Waals surface area contributed by atoms with Crippen LogP contribution in [0.15, 0.2) is 0 Å². The van der Waals surface area contributed by atoms with Gasteiger partial charge in [-0.25, -0.2) is 4.21 Å². The zero-order valence-electron chi connectivity index (χ0n) is 5.73. The van der Waals surface area contributed by atoms with Gasteiger partial charge in [-0.2, -0.15) is 13.2 Å². The molecule has 68 valence electrons. The zero-order valence-corrected chi connectivity index (χ0v) is 6.54. The lowest BCUT2D eigenvalue weighted by Gasteiger charge is -2.03. The van der Waals surface area contributed by atoms with Crippen molar-refractivity contribution in [3.63, 3.8) is 0 Å². The molecule has 1 unspecified atom stereocenters. The lowest BCUT2D eigenvalue weighted by molar-refractivity contribution is -0.135. The highest BCUT2D eigenvalue weighted by atomic mass is 32.2. The summed E-state index contributed by atoms with van der Waals surface area (Å²) in [7, 11) is 0. The van der Waals surface area contributed by atoms with Crippen LogP contribution in [0.25, 0.3) is 0 Å². The third kappa shape index (κ3) is 9.90. The molecule has 0 aromatic carbocycles. The van der Waals surface area contributed by atoms with Crippen LogP contribution in [0.5, 0.6) is 0 Å². The minimum absolute atomic E-state index is 0.0733. The van der Waals surface area contributed by atoms with E-state index in [2.05, 4.69) is 0 Å². The van der Waals surface area contributed by atoms with Gasteiger partial charge in [0.25, 0.3) is 0 Å². The summed E-state index contributed by atoms with van der Waals surface area (Å²) in [5, 5.41) is 0. The SMILES string of the molecule is O=S(O)CCCCC(F)(F)F. The molecule has 6 heteroatoms. The molecule has 0 spiro atoms. The topological polar surface area (TPSA) is 37.3 Å². The van der Waals surface area contributed by atoms with E-state index in [0.717, 1.165) is 0 Å². The Morgan fingerprint density at radius 1 is 1.27 bits per heavy atom. The molecule has 2 nitrogen and oxygen atoms in total. The number of alkyl halides is 3. The van der Waals surface area contributed by atoms with Crippen molar-refractivity contribution in [3.05, 3.63) is 0 Å². The van der Waals surface area contributed by atoms with Crippen molar-refractivity contribution in [2.24, 2.45) is 0 Å². The van der Waals surface area contributed by atoms with Crippen molar-refractivity contribution in [3.8, 4) is 0 Å². The summed E-state index contributed by atoms with van der Waals surface area (Å²) in [5.74, 6) is -0.0733. The highest BCUT2D eigenvalue weighted by Crippen LogP contribution is 2.21.